The average Bonchev–Trinajstić information content (AvgIpc) is 3.35. The normalized spacial score (nSPS) is 11.5. The molecule has 0 fully saturated rings. The van der Waals surface area contributed by atoms with Crippen LogP contribution in [0.4, 0.5) is 18.9 Å². The summed E-state index contributed by atoms with van der Waals surface area (Å²) in [7, 11) is 0. The molecule has 2 aromatic carbocycles. The molecule has 0 aliphatic heterocycles. The first-order valence-electron chi connectivity index (χ1n) is 9.51. The zero-order valence-electron chi connectivity index (χ0n) is 16.7. The van der Waals surface area contributed by atoms with Gasteiger partial charge in [0, 0.05) is 27.9 Å². The molecule has 10 heteroatoms. The first kappa shape index (κ1) is 21.6. The number of hydrogen-bond acceptors (Lipinski definition) is 4. The summed E-state index contributed by atoms with van der Waals surface area (Å²) in [6.45, 7) is 1.65. The molecule has 0 saturated heterocycles. The molecular weight excluding hydrogens is 441 g/mol. The topological polar surface area (TPSA) is 79.8 Å². The molecule has 0 atom stereocenters. The number of rotatable bonds is 5. The van der Waals surface area contributed by atoms with Gasteiger partial charge in [-0.3, -0.25) is 14.7 Å². The second-order valence-corrected chi connectivity index (χ2v) is 7.88. The van der Waals surface area contributed by atoms with Crippen molar-refractivity contribution in [3.05, 3.63) is 87.2 Å². The highest BCUT2D eigenvalue weighted by Gasteiger charge is 2.30. The molecule has 2 aromatic heterocycles. The predicted molar refractivity (Wildman–Crippen MR) is 116 cm³/mol. The summed E-state index contributed by atoms with van der Waals surface area (Å²) in [5, 5.41) is 7.58. The molecule has 0 aliphatic rings. The van der Waals surface area contributed by atoms with Crippen molar-refractivity contribution in [2.24, 2.45) is 0 Å². The Morgan fingerprint density at radius 3 is 2.62 bits per heavy atom. The summed E-state index contributed by atoms with van der Waals surface area (Å²) in [5.74, 6) is -0.597. The molecule has 4 rings (SSSR count). The van der Waals surface area contributed by atoms with E-state index < -0.39 is 23.2 Å². The monoisotopic (exact) mass is 458 g/mol. The Kier molecular flexibility index (Phi) is 5.70. The van der Waals surface area contributed by atoms with Crippen LogP contribution in [0.5, 0.6) is 0 Å². The second-order valence-electron chi connectivity index (χ2n) is 7.04. The van der Waals surface area contributed by atoms with Gasteiger partial charge in [0.1, 0.15) is 0 Å². The molecule has 0 spiro atoms. The largest absolute Gasteiger partial charge is 0.416 e. The van der Waals surface area contributed by atoms with Gasteiger partial charge in [-0.25, -0.2) is 4.98 Å². The number of carbonyl (C=O) groups excluding carboxylic acids is 1. The minimum Gasteiger partial charge on any atom is -0.326 e. The number of benzene rings is 2. The number of H-pyrrole nitrogens is 1. The molecule has 2 N–H and O–H groups in total. The van der Waals surface area contributed by atoms with Crippen molar-refractivity contribution in [2.75, 3.05) is 5.32 Å². The zero-order valence-corrected chi connectivity index (χ0v) is 17.6. The van der Waals surface area contributed by atoms with E-state index in [9.17, 15) is 22.8 Å². The summed E-state index contributed by atoms with van der Waals surface area (Å²) >= 11 is 1.27. The van der Waals surface area contributed by atoms with Gasteiger partial charge in [0.05, 0.1) is 17.7 Å². The standard InChI is InChI=1S/C22H17F3N4O2S/c1-13-17(11-19(30)26-16-9-5-8-15(10-16)22(23,24)25)20(31)29(28-13)21-27-18(12-32-21)14-6-3-2-4-7-14/h2-10,12,28H,11H2,1H3,(H,26,30). The maximum Gasteiger partial charge on any atom is 0.416 e. The minimum atomic E-state index is -4.52. The van der Waals surface area contributed by atoms with Crippen LogP contribution in [0.2, 0.25) is 0 Å². The number of nitrogens with zero attached hydrogens (tertiary/aromatic N) is 2. The van der Waals surface area contributed by atoms with Gasteiger partial charge >= 0.3 is 6.18 Å². The van der Waals surface area contributed by atoms with E-state index in [1.807, 2.05) is 35.7 Å². The molecule has 2 heterocycles. The van der Waals surface area contributed by atoms with Gasteiger partial charge < -0.3 is 5.32 Å². The van der Waals surface area contributed by atoms with Crippen molar-refractivity contribution in [2.45, 2.75) is 19.5 Å². The zero-order chi connectivity index (χ0) is 22.9. The van der Waals surface area contributed by atoms with Gasteiger partial charge in [-0.2, -0.15) is 17.9 Å². The van der Waals surface area contributed by atoms with E-state index in [0.29, 0.717) is 16.5 Å². The van der Waals surface area contributed by atoms with Crippen molar-refractivity contribution in [3.8, 4) is 16.4 Å². The molecule has 0 radical (unpaired) electrons. The van der Waals surface area contributed by atoms with Crippen LogP contribution in [-0.4, -0.2) is 20.7 Å². The van der Waals surface area contributed by atoms with Crippen LogP contribution < -0.4 is 10.9 Å². The third-order valence-corrected chi connectivity index (χ3v) is 5.58. The number of hydrogen-bond donors (Lipinski definition) is 2. The number of carbonyl (C=O) groups is 1. The highest BCUT2D eigenvalue weighted by atomic mass is 32.1. The molecule has 6 nitrogen and oxygen atoms in total. The van der Waals surface area contributed by atoms with E-state index in [2.05, 4.69) is 15.4 Å². The molecule has 32 heavy (non-hydrogen) atoms. The minimum absolute atomic E-state index is 0.00534. The maximum absolute atomic E-state index is 12.9. The third-order valence-electron chi connectivity index (χ3n) is 4.76. The smallest absolute Gasteiger partial charge is 0.326 e. The molecular formula is C22H17F3N4O2S. The van der Waals surface area contributed by atoms with E-state index in [1.54, 1.807) is 6.92 Å². The van der Waals surface area contributed by atoms with Gasteiger partial charge in [-0.15, -0.1) is 11.3 Å². The average molecular weight is 458 g/mol. The lowest BCUT2D eigenvalue weighted by Crippen LogP contribution is -2.22. The Balaban J connectivity index is 1.53. The first-order valence-corrected chi connectivity index (χ1v) is 10.4. The van der Waals surface area contributed by atoms with Crippen LogP contribution in [0.3, 0.4) is 0 Å². The van der Waals surface area contributed by atoms with Gasteiger partial charge in [-0.05, 0) is 25.1 Å². The quantitative estimate of drug-likeness (QED) is 0.451. The van der Waals surface area contributed by atoms with Crippen molar-refractivity contribution >= 4 is 22.9 Å². The van der Waals surface area contributed by atoms with Gasteiger partial charge in [0.2, 0.25) is 11.0 Å². The van der Waals surface area contributed by atoms with Crippen LogP contribution >= 0.6 is 11.3 Å². The number of thiazole rings is 1. The van der Waals surface area contributed by atoms with Crippen LogP contribution in [0.25, 0.3) is 16.4 Å². The lowest BCUT2D eigenvalue weighted by Gasteiger charge is -2.09. The van der Waals surface area contributed by atoms with Crippen LogP contribution in [0.15, 0.2) is 64.8 Å². The van der Waals surface area contributed by atoms with Gasteiger partial charge in [0.25, 0.3) is 5.56 Å². The highest BCUT2D eigenvalue weighted by Crippen LogP contribution is 2.30. The van der Waals surface area contributed by atoms with E-state index in [4.69, 9.17) is 0 Å². The van der Waals surface area contributed by atoms with Gasteiger partial charge in [-0.1, -0.05) is 36.4 Å². The Morgan fingerprint density at radius 1 is 1.16 bits per heavy atom. The van der Waals surface area contributed by atoms with Crippen molar-refractivity contribution in [1.29, 1.82) is 0 Å². The molecule has 4 aromatic rings. The van der Waals surface area contributed by atoms with Crippen molar-refractivity contribution in [1.82, 2.24) is 14.8 Å². The van der Waals surface area contributed by atoms with Crippen LogP contribution in [0.1, 0.15) is 16.8 Å². The number of alkyl halides is 3. The first-order chi connectivity index (χ1) is 15.2. The molecule has 0 bridgehead atoms. The molecule has 0 saturated carbocycles. The van der Waals surface area contributed by atoms with Crippen LogP contribution in [0, 0.1) is 6.92 Å². The summed E-state index contributed by atoms with van der Waals surface area (Å²) in [6, 6.07) is 13.8. The molecule has 164 valence electrons. The lowest BCUT2D eigenvalue weighted by molar-refractivity contribution is -0.137. The van der Waals surface area contributed by atoms with Gasteiger partial charge in [0.15, 0.2) is 0 Å². The van der Waals surface area contributed by atoms with E-state index in [1.165, 1.54) is 28.2 Å². The second kappa shape index (κ2) is 8.46. The number of aromatic nitrogens is 3. The van der Waals surface area contributed by atoms with E-state index in [0.717, 1.165) is 17.7 Å². The fraction of sp³-hybridized carbons (Fsp3) is 0.136. The van der Waals surface area contributed by atoms with E-state index in [-0.39, 0.29) is 17.7 Å². The molecule has 0 aliphatic carbocycles. The SMILES string of the molecule is Cc1[nH]n(-c2nc(-c3ccccc3)cs2)c(=O)c1CC(=O)Nc1cccc(C(F)(F)F)c1. The Morgan fingerprint density at radius 2 is 1.91 bits per heavy atom. The highest BCUT2D eigenvalue weighted by molar-refractivity contribution is 7.12. The van der Waals surface area contributed by atoms with E-state index >= 15 is 0 Å². The number of amides is 1. The van der Waals surface area contributed by atoms with Crippen molar-refractivity contribution in [3.63, 3.8) is 0 Å². The number of aromatic amines is 1. The maximum atomic E-state index is 12.9. The lowest BCUT2D eigenvalue weighted by atomic mass is 10.1. The number of nitrogens with one attached hydrogen (secondary N) is 2. The summed E-state index contributed by atoms with van der Waals surface area (Å²) in [4.78, 5) is 29.8. The Bertz CT molecular complexity index is 1320. The fourth-order valence-corrected chi connectivity index (χ4v) is 3.96. The number of aryl methyl sites for hydroxylation is 1. The fourth-order valence-electron chi connectivity index (χ4n) is 3.17. The predicted octanol–water partition coefficient (Wildman–Crippen LogP) is 4.80. The molecule has 1 amide bonds. The summed E-state index contributed by atoms with van der Waals surface area (Å²) < 4.78 is 39.9. The Labute approximate surface area is 184 Å². The third kappa shape index (κ3) is 4.50. The summed E-state index contributed by atoms with van der Waals surface area (Å²) in [6.07, 6.45) is -4.81. The number of halogens is 3. The van der Waals surface area contributed by atoms with Crippen molar-refractivity contribution < 1.29 is 18.0 Å². The summed E-state index contributed by atoms with van der Waals surface area (Å²) in [5.41, 5.74) is 1.02. The number of anilines is 1. The van der Waals surface area contributed by atoms with Crippen LogP contribution in [-0.2, 0) is 17.4 Å². The Hall–Kier alpha value is -3.66. The molecule has 0 unspecified atom stereocenters.